The van der Waals surface area contributed by atoms with Crippen LogP contribution in [0.1, 0.15) is 23.7 Å². The summed E-state index contributed by atoms with van der Waals surface area (Å²) < 4.78 is 12.5. The topological polar surface area (TPSA) is 60.3 Å². The monoisotopic (exact) mass is 362 g/mol. The molecule has 0 unspecified atom stereocenters. The Morgan fingerprint density at radius 2 is 1.96 bits per heavy atom. The van der Waals surface area contributed by atoms with E-state index in [1.54, 1.807) is 14.2 Å². The van der Waals surface area contributed by atoms with Crippen molar-refractivity contribution in [1.29, 1.82) is 0 Å². The fourth-order valence-corrected chi connectivity index (χ4v) is 2.75. The zero-order valence-electron chi connectivity index (χ0n) is 15.3. The van der Waals surface area contributed by atoms with E-state index in [4.69, 9.17) is 21.7 Å². The van der Waals surface area contributed by atoms with Gasteiger partial charge in [-0.15, -0.1) is 0 Å². The van der Waals surface area contributed by atoms with Crippen molar-refractivity contribution in [2.75, 3.05) is 20.8 Å². The van der Waals surface area contributed by atoms with Crippen molar-refractivity contribution in [3.05, 3.63) is 41.2 Å². The SMILES string of the molecule is CCn1ncc(CNC(=S)NCCc2ccc(OC)c(OC)c2)c1C. The van der Waals surface area contributed by atoms with Gasteiger partial charge in [-0.2, -0.15) is 5.10 Å². The van der Waals surface area contributed by atoms with E-state index < -0.39 is 0 Å². The second-order valence-corrected chi connectivity index (χ2v) is 6.03. The lowest BCUT2D eigenvalue weighted by Gasteiger charge is -2.12. The molecule has 6 nitrogen and oxygen atoms in total. The zero-order valence-corrected chi connectivity index (χ0v) is 16.1. The fraction of sp³-hybridized carbons (Fsp3) is 0.444. The lowest BCUT2D eigenvalue weighted by atomic mass is 10.1. The molecule has 7 heteroatoms. The first-order chi connectivity index (χ1) is 12.1. The molecule has 0 spiro atoms. The third-order valence-electron chi connectivity index (χ3n) is 4.09. The van der Waals surface area contributed by atoms with Gasteiger partial charge in [0.1, 0.15) is 0 Å². The van der Waals surface area contributed by atoms with Crippen LogP contribution in [0.3, 0.4) is 0 Å². The highest BCUT2D eigenvalue weighted by atomic mass is 32.1. The van der Waals surface area contributed by atoms with Crippen LogP contribution in [0.2, 0.25) is 0 Å². The van der Waals surface area contributed by atoms with Crippen LogP contribution >= 0.6 is 12.2 Å². The number of nitrogens with zero attached hydrogens (tertiary/aromatic N) is 2. The molecule has 0 fully saturated rings. The molecule has 136 valence electrons. The molecule has 0 aliphatic rings. The van der Waals surface area contributed by atoms with Gasteiger partial charge in [-0.25, -0.2) is 0 Å². The molecule has 0 aliphatic heterocycles. The van der Waals surface area contributed by atoms with E-state index in [0.717, 1.165) is 42.1 Å². The summed E-state index contributed by atoms with van der Waals surface area (Å²) in [7, 11) is 3.27. The average molecular weight is 362 g/mol. The van der Waals surface area contributed by atoms with Crippen molar-refractivity contribution in [2.45, 2.75) is 33.4 Å². The molecule has 2 aromatic rings. The molecule has 25 heavy (non-hydrogen) atoms. The van der Waals surface area contributed by atoms with E-state index in [1.807, 2.05) is 29.1 Å². The number of hydrogen-bond donors (Lipinski definition) is 2. The highest BCUT2D eigenvalue weighted by molar-refractivity contribution is 7.80. The summed E-state index contributed by atoms with van der Waals surface area (Å²) in [5.74, 6) is 1.48. The molecule has 0 saturated heterocycles. The number of rotatable bonds is 8. The van der Waals surface area contributed by atoms with Crippen LogP contribution < -0.4 is 20.1 Å². The van der Waals surface area contributed by atoms with Crippen LogP contribution in [0, 0.1) is 6.92 Å². The highest BCUT2D eigenvalue weighted by Gasteiger charge is 2.06. The van der Waals surface area contributed by atoms with Crippen LogP contribution in [0.15, 0.2) is 24.4 Å². The first-order valence-electron chi connectivity index (χ1n) is 8.32. The summed E-state index contributed by atoms with van der Waals surface area (Å²) >= 11 is 5.34. The predicted octanol–water partition coefficient (Wildman–Crippen LogP) is 2.44. The van der Waals surface area contributed by atoms with Gasteiger partial charge in [-0.05, 0) is 50.2 Å². The molecule has 0 amide bonds. The van der Waals surface area contributed by atoms with Gasteiger partial charge in [0.2, 0.25) is 0 Å². The van der Waals surface area contributed by atoms with Gasteiger partial charge in [-0.3, -0.25) is 4.68 Å². The van der Waals surface area contributed by atoms with Crippen molar-refractivity contribution in [2.24, 2.45) is 0 Å². The standard InChI is InChI=1S/C18H26N4O2S/c1-5-22-13(2)15(12-21-22)11-20-18(25)19-9-8-14-6-7-16(23-3)17(10-14)24-4/h6-7,10,12H,5,8-9,11H2,1-4H3,(H2,19,20,25). The normalized spacial score (nSPS) is 10.4. The van der Waals surface area contributed by atoms with E-state index in [-0.39, 0.29) is 0 Å². The van der Waals surface area contributed by atoms with Crippen LogP contribution in [0.25, 0.3) is 0 Å². The molecule has 0 atom stereocenters. The Hall–Kier alpha value is -2.28. The van der Waals surface area contributed by atoms with Gasteiger partial charge in [-0.1, -0.05) is 6.07 Å². The molecule has 1 aromatic heterocycles. The van der Waals surface area contributed by atoms with Crippen LogP contribution in [0.4, 0.5) is 0 Å². The van der Waals surface area contributed by atoms with Crippen LogP contribution in [-0.4, -0.2) is 35.7 Å². The number of ether oxygens (including phenoxy) is 2. The summed E-state index contributed by atoms with van der Waals surface area (Å²) in [6, 6.07) is 5.93. The first kappa shape index (κ1) is 19.1. The Morgan fingerprint density at radius 3 is 2.60 bits per heavy atom. The summed E-state index contributed by atoms with van der Waals surface area (Å²) in [5, 5.41) is 11.4. The number of nitrogens with one attached hydrogen (secondary N) is 2. The quantitative estimate of drug-likeness (QED) is 0.704. The number of aromatic nitrogens is 2. The predicted molar refractivity (Wildman–Crippen MR) is 103 cm³/mol. The Labute approximate surface area is 154 Å². The molecule has 0 bridgehead atoms. The number of hydrogen-bond acceptors (Lipinski definition) is 4. The number of aryl methyl sites for hydroxylation is 1. The van der Waals surface area contributed by atoms with Gasteiger partial charge in [0.15, 0.2) is 16.6 Å². The second kappa shape index (κ2) is 9.27. The Morgan fingerprint density at radius 1 is 1.20 bits per heavy atom. The molecule has 0 saturated carbocycles. The number of benzene rings is 1. The highest BCUT2D eigenvalue weighted by Crippen LogP contribution is 2.27. The minimum absolute atomic E-state index is 0.643. The molecule has 2 rings (SSSR count). The van der Waals surface area contributed by atoms with E-state index in [2.05, 4.69) is 29.6 Å². The first-order valence-corrected chi connectivity index (χ1v) is 8.73. The van der Waals surface area contributed by atoms with E-state index in [9.17, 15) is 0 Å². The molecule has 1 heterocycles. The Balaban J connectivity index is 1.77. The largest absolute Gasteiger partial charge is 0.493 e. The van der Waals surface area contributed by atoms with Crippen LogP contribution in [-0.2, 0) is 19.5 Å². The molecular formula is C18H26N4O2S. The second-order valence-electron chi connectivity index (χ2n) is 5.62. The van der Waals surface area contributed by atoms with Crippen molar-refractivity contribution < 1.29 is 9.47 Å². The molecule has 2 N–H and O–H groups in total. The fourth-order valence-electron chi connectivity index (χ4n) is 2.57. The molecule has 0 radical (unpaired) electrons. The van der Waals surface area contributed by atoms with Crippen molar-refractivity contribution >= 4 is 17.3 Å². The van der Waals surface area contributed by atoms with Crippen molar-refractivity contribution in [3.8, 4) is 11.5 Å². The van der Waals surface area contributed by atoms with E-state index >= 15 is 0 Å². The smallest absolute Gasteiger partial charge is 0.166 e. The lowest BCUT2D eigenvalue weighted by molar-refractivity contribution is 0.354. The van der Waals surface area contributed by atoms with Gasteiger partial charge in [0, 0.05) is 30.9 Å². The minimum atomic E-state index is 0.643. The zero-order chi connectivity index (χ0) is 18.2. The van der Waals surface area contributed by atoms with Crippen LogP contribution in [0.5, 0.6) is 11.5 Å². The van der Waals surface area contributed by atoms with Gasteiger partial charge in [0.25, 0.3) is 0 Å². The maximum atomic E-state index is 5.34. The molecule has 0 aliphatic carbocycles. The summed E-state index contributed by atoms with van der Waals surface area (Å²) in [6.45, 7) is 6.45. The molecule has 1 aromatic carbocycles. The van der Waals surface area contributed by atoms with Gasteiger partial charge >= 0.3 is 0 Å². The number of thiocarbonyl (C=S) groups is 1. The third-order valence-corrected chi connectivity index (χ3v) is 4.38. The van der Waals surface area contributed by atoms with Crippen molar-refractivity contribution in [3.63, 3.8) is 0 Å². The average Bonchev–Trinajstić information content (AvgIpc) is 2.99. The Kier molecular flexibility index (Phi) is 7.06. The van der Waals surface area contributed by atoms with E-state index in [1.165, 1.54) is 5.69 Å². The van der Waals surface area contributed by atoms with Crippen molar-refractivity contribution in [1.82, 2.24) is 20.4 Å². The maximum Gasteiger partial charge on any atom is 0.166 e. The lowest BCUT2D eigenvalue weighted by Crippen LogP contribution is -2.36. The summed E-state index contributed by atoms with van der Waals surface area (Å²) in [6.07, 6.45) is 2.73. The number of methoxy groups -OCH3 is 2. The summed E-state index contributed by atoms with van der Waals surface area (Å²) in [5.41, 5.74) is 3.49. The molecular weight excluding hydrogens is 336 g/mol. The Bertz CT molecular complexity index is 715. The summed E-state index contributed by atoms with van der Waals surface area (Å²) in [4.78, 5) is 0. The van der Waals surface area contributed by atoms with Gasteiger partial charge in [0.05, 0.1) is 20.4 Å². The van der Waals surface area contributed by atoms with Gasteiger partial charge < -0.3 is 20.1 Å². The maximum absolute atomic E-state index is 5.34. The minimum Gasteiger partial charge on any atom is -0.493 e. The van der Waals surface area contributed by atoms with E-state index in [0.29, 0.717) is 11.7 Å². The third kappa shape index (κ3) is 5.09.